The zero-order chi connectivity index (χ0) is 5.98. The Kier molecular flexibility index (Phi) is 1.39. The van der Waals surface area contributed by atoms with E-state index in [-0.39, 0.29) is 0 Å². The van der Waals surface area contributed by atoms with Crippen molar-refractivity contribution in [3.63, 3.8) is 0 Å². The molecule has 3 heteroatoms. The van der Waals surface area contributed by atoms with Gasteiger partial charge in [-0.15, -0.1) is 12.6 Å². The third kappa shape index (κ3) is 1.13. The smallest absolute Gasteiger partial charge is 0.193 e. The Morgan fingerprint density at radius 3 is 2.75 bits per heavy atom. The fourth-order valence-electron chi connectivity index (χ4n) is 0.443. The Balaban J connectivity index is 3.08. The van der Waals surface area contributed by atoms with E-state index in [0.29, 0.717) is 9.63 Å². The molecule has 0 bridgehead atoms. The van der Waals surface area contributed by atoms with Gasteiger partial charge in [-0.05, 0) is 6.07 Å². The van der Waals surface area contributed by atoms with Crippen molar-refractivity contribution in [3.8, 4) is 0 Å². The average Bonchev–Trinajstić information content (AvgIpc) is 1.64. The summed E-state index contributed by atoms with van der Waals surface area (Å²) in [6.45, 7) is 0. The number of aromatic nitrogens is 1. The molecule has 0 amide bonds. The summed E-state index contributed by atoms with van der Waals surface area (Å²) in [5, 5.41) is 10.4. The molecule has 1 rings (SSSR count). The molecular weight excluding hydrogens is 122 g/mol. The second-order valence-corrected chi connectivity index (χ2v) is 1.94. The van der Waals surface area contributed by atoms with Gasteiger partial charge in [0, 0.05) is 6.07 Å². The van der Waals surface area contributed by atoms with Crippen molar-refractivity contribution in [3.05, 3.63) is 29.7 Å². The van der Waals surface area contributed by atoms with E-state index in [0.717, 1.165) is 0 Å². The van der Waals surface area contributed by atoms with Gasteiger partial charge in [0.05, 0.1) is 4.90 Å². The molecule has 1 aromatic rings. The molecule has 8 heavy (non-hydrogen) atoms. The highest BCUT2D eigenvalue weighted by Crippen LogP contribution is 1.97. The van der Waals surface area contributed by atoms with Crippen LogP contribution in [-0.4, -0.2) is 0 Å². The van der Waals surface area contributed by atoms with Gasteiger partial charge in [-0.3, -0.25) is 0 Å². The van der Waals surface area contributed by atoms with Gasteiger partial charge in [0.15, 0.2) is 12.4 Å². The van der Waals surface area contributed by atoms with Crippen molar-refractivity contribution in [1.82, 2.24) is 0 Å². The van der Waals surface area contributed by atoms with E-state index in [1.165, 1.54) is 12.4 Å². The lowest BCUT2D eigenvalue weighted by atomic mass is 10.5. The standard InChI is InChI=1S/C5H5NOS/c7-6-3-1-2-5(8)4-6/h1-4,8H. The molecule has 0 N–H and O–H groups in total. The van der Waals surface area contributed by atoms with E-state index in [1.807, 2.05) is 0 Å². The molecule has 0 saturated carbocycles. The minimum Gasteiger partial charge on any atom is -0.619 e. The maximum absolute atomic E-state index is 10.4. The van der Waals surface area contributed by atoms with Gasteiger partial charge in [0.25, 0.3) is 0 Å². The van der Waals surface area contributed by atoms with Gasteiger partial charge >= 0.3 is 0 Å². The summed E-state index contributed by atoms with van der Waals surface area (Å²) in [6.07, 6.45) is 2.81. The van der Waals surface area contributed by atoms with Crippen LogP contribution in [0.5, 0.6) is 0 Å². The average molecular weight is 127 g/mol. The van der Waals surface area contributed by atoms with E-state index in [2.05, 4.69) is 12.6 Å². The summed E-state index contributed by atoms with van der Waals surface area (Å²) in [5.41, 5.74) is 0. The van der Waals surface area contributed by atoms with E-state index in [4.69, 9.17) is 0 Å². The van der Waals surface area contributed by atoms with Crippen molar-refractivity contribution in [1.29, 1.82) is 0 Å². The Morgan fingerprint density at radius 2 is 2.38 bits per heavy atom. The second-order valence-electron chi connectivity index (χ2n) is 1.42. The maximum atomic E-state index is 10.4. The van der Waals surface area contributed by atoms with Crippen LogP contribution in [0.2, 0.25) is 0 Å². The highest BCUT2D eigenvalue weighted by Gasteiger charge is 1.86. The van der Waals surface area contributed by atoms with Crippen molar-refractivity contribution in [2.75, 3.05) is 0 Å². The van der Waals surface area contributed by atoms with Crippen LogP contribution in [0.1, 0.15) is 0 Å². The number of thiol groups is 1. The normalized spacial score (nSPS) is 9.12. The zero-order valence-corrected chi connectivity index (χ0v) is 5.01. The van der Waals surface area contributed by atoms with Gasteiger partial charge in [0.2, 0.25) is 0 Å². The quantitative estimate of drug-likeness (QED) is 0.308. The zero-order valence-electron chi connectivity index (χ0n) is 4.11. The molecule has 0 aliphatic rings. The van der Waals surface area contributed by atoms with E-state index < -0.39 is 0 Å². The summed E-state index contributed by atoms with van der Waals surface area (Å²) in [5.74, 6) is 0. The lowest BCUT2D eigenvalue weighted by Gasteiger charge is -1.92. The molecule has 0 spiro atoms. The summed E-state index contributed by atoms with van der Waals surface area (Å²) < 4.78 is 0.711. The van der Waals surface area contributed by atoms with E-state index in [9.17, 15) is 5.21 Å². The minimum absolute atomic E-state index is 0.683. The van der Waals surface area contributed by atoms with Gasteiger partial charge in [-0.1, -0.05) is 0 Å². The van der Waals surface area contributed by atoms with Crippen molar-refractivity contribution in [2.24, 2.45) is 0 Å². The SMILES string of the molecule is [O-][n+]1cccc(S)c1. The fraction of sp³-hybridized carbons (Fsp3) is 0. The summed E-state index contributed by atoms with van der Waals surface area (Å²) in [6, 6.07) is 3.40. The third-order valence-corrected chi connectivity index (χ3v) is 1.02. The predicted molar refractivity (Wildman–Crippen MR) is 32.7 cm³/mol. The first kappa shape index (κ1) is 5.44. The Bertz CT molecular complexity index is 172. The van der Waals surface area contributed by atoms with Crippen molar-refractivity contribution < 1.29 is 4.73 Å². The van der Waals surface area contributed by atoms with Crippen molar-refractivity contribution >= 4 is 12.6 Å². The Labute approximate surface area is 52.8 Å². The monoisotopic (exact) mass is 127 g/mol. The molecule has 0 fully saturated rings. The van der Waals surface area contributed by atoms with Crippen molar-refractivity contribution in [2.45, 2.75) is 4.90 Å². The highest BCUT2D eigenvalue weighted by atomic mass is 32.1. The van der Waals surface area contributed by atoms with Gasteiger partial charge < -0.3 is 5.21 Å². The van der Waals surface area contributed by atoms with Crippen LogP contribution in [0.15, 0.2) is 29.4 Å². The molecule has 0 radical (unpaired) electrons. The minimum atomic E-state index is 0.683. The molecule has 0 atom stereocenters. The van der Waals surface area contributed by atoms with Crippen LogP contribution in [-0.2, 0) is 0 Å². The van der Waals surface area contributed by atoms with E-state index in [1.54, 1.807) is 12.1 Å². The summed E-state index contributed by atoms with van der Waals surface area (Å²) in [7, 11) is 0. The number of rotatable bonds is 0. The molecule has 42 valence electrons. The highest BCUT2D eigenvalue weighted by molar-refractivity contribution is 7.80. The topological polar surface area (TPSA) is 26.9 Å². The van der Waals surface area contributed by atoms with Crippen LogP contribution < -0.4 is 4.73 Å². The number of hydrogen-bond donors (Lipinski definition) is 1. The van der Waals surface area contributed by atoms with Crippen LogP contribution in [0.25, 0.3) is 0 Å². The first-order valence-electron chi connectivity index (χ1n) is 2.17. The molecule has 2 nitrogen and oxygen atoms in total. The van der Waals surface area contributed by atoms with Crippen LogP contribution in [0, 0.1) is 5.21 Å². The maximum Gasteiger partial charge on any atom is 0.193 e. The first-order chi connectivity index (χ1) is 3.79. The van der Waals surface area contributed by atoms with Crippen LogP contribution >= 0.6 is 12.6 Å². The lowest BCUT2D eigenvalue weighted by molar-refractivity contribution is -0.607. The predicted octanol–water partition coefficient (Wildman–Crippen LogP) is 0.609. The third-order valence-electron chi connectivity index (χ3n) is 0.759. The Hall–Kier alpha value is -0.700. The molecule has 1 heterocycles. The van der Waals surface area contributed by atoms with Gasteiger partial charge in [-0.2, -0.15) is 4.73 Å². The molecule has 0 aromatic carbocycles. The summed E-state index contributed by atoms with van der Waals surface area (Å²) >= 11 is 3.93. The fourth-order valence-corrected chi connectivity index (χ4v) is 0.643. The summed E-state index contributed by atoms with van der Waals surface area (Å²) in [4.78, 5) is 0.683. The van der Waals surface area contributed by atoms with Crippen LogP contribution in [0.3, 0.4) is 0 Å². The van der Waals surface area contributed by atoms with E-state index >= 15 is 0 Å². The number of nitrogens with zero attached hydrogens (tertiary/aromatic N) is 1. The number of hydrogen-bond acceptors (Lipinski definition) is 2. The molecule has 1 aromatic heterocycles. The molecule has 0 saturated heterocycles. The lowest BCUT2D eigenvalue weighted by Crippen LogP contribution is -2.23. The second kappa shape index (κ2) is 2.05. The Morgan fingerprint density at radius 1 is 1.62 bits per heavy atom. The molecular formula is C5H5NOS. The first-order valence-corrected chi connectivity index (χ1v) is 2.61. The molecule has 0 aliphatic heterocycles. The number of pyridine rings is 1. The van der Waals surface area contributed by atoms with Gasteiger partial charge in [-0.25, -0.2) is 0 Å². The molecule has 0 unspecified atom stereocenters. The van der Waals surface area contributed by atoms with Gasteiger partial charge in [0.1, 0.15) is 0 Å². The van der Waals surface area contributed by atoms with Crippen LogP contribution in [0.4, 0.5) is 0 Å². The molecule has 0 aliphatic carbocycles. The largest absolute Gasteiger partial charge is 0.619 e.